The van der Waals surface area contributed by atoms with E-state index in [1.807, 2.05) is 72.5 Å². The lowest BCUT2D eigenvalue weighted by Crippen LogP contribution is -2.40. The van der Waals surface area contributed by atoms with Gasteiger partial charge in [0.2, 0.25) is 0 Å². The number of hydrogen-bond donors (Lipinski definition) is 0. The van der Waals surface area contributed by atoms with Crippen molar-refractivity contribution < 1.29 is 4.79 Å². The van der Waals surface area contributed by atoms with Crippen LogP contribution in [0.4, 0.5) is 5.69 Å². The highest BCUT2D eigenvalue weighted by Gasteiger charge is 2.24. The van der Waals surface area contributed by atoms with Crippen molar-refractivity contribution >= 4 is 11.6 Å². The maximum Gasteiger partial charge on any atom is 0.258 e. The van der Waals surface area contributed by atoms with Gasteiger partial charge in [-0.2, -0.15) is 0 Å². The average Bonchev–Trinajstić information content (AvgIpc) is 2.56. The Morgan fingerprint density at radius 3 is 2.22 bits per heavy atom. The Hall–Kier alpha value is -2.35. The van der Waals surface area contributed by atoms with Gasteiger partial charge in [-0.1, -0.05) is 55.8 Å². The Balaban J connectivity index is 2.43. The molecule has 0 aromatic heterocycles. The monoisotopic (exact) mass is 307 g/mol. The summed E-state index contributed by atoms with van der Waals surface area (Å²) < 4.78 is 0. The molecule has 120 valence electrons. The maximum absolute atomic E-state index is 13.1. The fourth-order valence-electron chi connectivity index (χ4n) is 2.67. The summed E-state index contributed by atoms with van der Waals surface area (Å²) in [5.74, 6) is 0.495. The molecule has 2 aromatic carbocycles. The van der Waals surface area contributed by atoms with E-state index in [2.05, 4.69) is 20.4 Å². The van der Waals surface area contributed by atoms with Gasteiger partial charge in [0.15, 0.2) is 0 Å². The van der Waals surface area contributed by atoms with Gasteiger partial charge in [0, 0.05) is 11.3 Å². The number of benzene rings is 2. The van der Waals surface area contributed by atoms with E-state index in [0.717, 1.165) is 12.1 Å². The van der Waals surface area contributed by atoms with Gasteiger partial charge < -0.3 is 4.90 Å². The molecule has 2 heteroatoms. The highest BCUT2D eigenvalue weighted by atomic mass is 16.2. The summed E-state index contributed by atoms with van der Waals surface area (Å²) in [6.07, 6.45) is 2.76. The van der Waals surface area contributed by atoms with Crippen molar-refractivity contribution in [3.05, 3.63) is 78.4 Å². The van der Waals surface area contributed by atoms with E-state index < -0.39 is 0 Å². The lowest BCUT2D eigenvalue weighted by molar-refractivity contribution is 0.0979. The molecule has 0 radical (unpaired) electrons. The minimum Gasteiger partial charge on any atom is -0.301 e. The van der Waals surface area contributed by atoms with Crippen molar-refractivity contribution in [2.75, 3.05) is 4.90 Å². The number of nitrogens with zero attached hydrogens (tertiary/aromatic N) is 1. The molecule has 0 saturated carbocycles. The van der Waals surface area contributed by atoms with Crippen LogP contribution in [0.3, 0.4) is 0 Å². The van der Waals surface area contributed by atoms with Crippen molar-refractivity contribution in [3.63, 3.8) is 0 Å². The minimum atomic E-state index is -0.0228. The topological polar surface area (TPSA) is 20.3 Å². The fourth-order valence-corrected chi connectivity index (χ4v) is 2.67. The van der Waals surface area contributed by atoms with Gasteiger partial charge in [-0.05, 0) is 43.5 Å². The van der Waals surface area contributed by atoms with E-state index in [1.54, 1.807) is 0 Å². The van der Waals surface area contributed by atoms with E-state index in [0.29, 0.717) is 11.5 Å². The van der Waals surface area contributed by atoms with Crippen LogP contribution >= 0.6 is 0 Å². The second-order valence-corrected chi connectivity index (χ2v) is 6.31. The molecule has 0 aliphatic carbocycles. The van der Waals surface area contributed by atoms with Crippen molar-refractivity contribution in [3.8, 4) is 0 Å². The zero-order chi connectivity index (χ0) is 16.8. The van der Waals surface area contributed by atoms with Gasteiger partial charge in [0.05, 0.1) is 6.04 Å². The fraction of sp³-hybridized carbons (Fsp3) is 0.286. The second kappa shape index (κ2) is 7.77. The van der Waals surface area contributed by atoms with Gasteiger partial charge in [0.25, 0.3) is 5.91 Å². The van der Waals surface area contributed by atoms with E-state index in [9.17, 15) is 4.79 Å². The lowest BCUT2D eigenvalue weighted by Gasteiger charge is -2.31. The summed E-state index contributed by atoms with van der Waals surface area (Å²) in [6.45, 7) is 10.3. The summed E-state index contributed by atoms with van der Waals surface area (Å²) in [4.78, 5) is 15.0. The zero-order valence-electron chi connectivity index (χ0n) is 14.2. The third-order valence-electron chi connectivity index (χ3n) is 3.87. The third-order valence-corrected chi connectivity index (χ3v) is 3.87. The summed E-state index contributed by atoms with van der Waals surface area (Å²) in [5, 5.41) is 0. The van der Waals surface area contributed by atoms with E-state index in [4.69, 9.17) is 0 Å². The minimum absolute atomic E-state index is 0.0139. The van der Waals surface area contributed by atoms with E-state index in [1.165, 1.54) is 5.56 Å². The Morgan fingerprint density at radius 2 is 1.70 bits per heavy atom. The summed E-state index contributed by atoms with van der Waals surface area (Å²) in [6, 6.07) is 17.5. The van der Waals surface area contributed by atoms with Crippen LogP contribution in [0.5, 0.6) is 0 Å². The van der Waals surface area contributed by atoms with Crippen LogP contribution in [0.2, 0.25) is 0 Å². The number of carbonyl (C=O) groups excluding carboxylic acids is 1. The Labute approximate surface area is 139 Å². The number of amides is 1. The summed E-state index contributed by atoms with van der Waals surface area (Å²) in [5.41, 5.74) is 2.79. The highest BCUT2D eigenvalue weighted by molar-refractivity contribution is 6.06. The third kappa shape index (κ3) is 4.32. The van der Waals surface area contributed by atoms with Crippen LogP contribution in [0.25, 0.3) is 0 Å². The molecule has 0 unspecified atom stereocenters. The first-order chi connectivity index (χ1) is 11.0. The smallest absolute Gasteiger partial charge is 0.258 e. The molecule has 0 N–H and O–H groups in total. The lowest BCUT2D eigenvalue weighted by atomic mass is 10.0. The standard InChI is InChI=1S/C21H25NO/c1-5-19(15-16(2)3)22(20-13-11-17(4)12-14-20)21(23)18-9-7-6-8-10-18/h5-14,16,19H,1,15H2,2-4H3/t19-/m0/s1. The SMILES string of the molecule is C=C[C@@H](CC(C)C)N(C(=O)c1ccccc1)c1ccc(C)cc1. The quantitative estimate of drug-likeness (QED) is 0.668. The van der Waals surface area contributed by atoms with Gasteiger partial charge in [-0.15, -0.1) is 6.58 Å². The molecule has 0 bridgehead atoms. The first-order valence-electron chi connectivity index (χ1n) is 8.10. The first-order valence-corrected chi connectivity index (χ1v) is 8.10. The van der Waals surface area contributed by atoms with Gasteiger partial charge in [0.1, 0.15) is 0 Å². The molecule has 23 heavy (non-hydrogen) atoms. The normalized spacial score (nSPS) is 12.0. The number of anilines is 1. The number of hydrogen-bond acceptors (Lipinski definition) is 1. The molecule has 1 atom stereocenters. The van der Waals surface area contributed by atoms with Crippen molar-refractivity contribution in [1.29, 1.82) is 0 Å². The molecule has 0 aliphatic heterocycles. The van der Waals surface area contributed by atoms with Crippen LogP contribution in [0.15, 0.2) is 67.3 Å². The molecule has 0 fully saturated rings. The predicted molar refractivity (Wildman–Crippen MR) is 97.9 cm³/mol. The number of rotatable bonds is 6. The molecule has 0 aliphatic rings. The molecule has 0 saturated heterocycles. The van der Waals surface area contributed by atoms with Crippen LogP contribution in [0.1, 0.15) is 36.2 Å². The van der Waals surface area contributed by atoms with Gasteiger partial charge in [-0.3, -0.25) is 4.79 Å². The van der Waals surface area contributed by atoms with Crippen LogP contribution in [0, 0.1) is 12.8 Å². The van der Waals surface area contributed by atoms with Crippen LogP contribution in [-0.4, -0.2) is 11.9 Å². The average molecular weight is 307 g/mol. The molecule has 0 spiro atoms. The summed E-state index contributed by atoms with van der Waals surface area (Å²) in [7, 11) is 0. The molecule has 1 amide bonds. The first kappa shape index (κ1) is 17.0. The summed E-state index contributed by atoms with van der Waals surface area (Å²) >= 11 is 0. The van der Waals surface area contributed by atoms with E-state index in [-0.39, 0.29) is 11.9 Å². The largest absolute Gasteiger partial charge is 0.301 e. The molecule has 2 rings (SSSR count). The van der Waals surface area contributed by atoms with Crippen LogP contribution in [-0.2, 0) is 0 Å². The molecular weight excluding hydrogens is 282 g/mol. The Kier molecular flexibility index (Phi) is 5.75. The predicted octanol–water partition coefficient (Wildman–Crippen LogP) is 5.24. The Morgan fingerprint density at radius 1 is 1.09 bits per heavy atom. The molecule has 2 aromatic rings. The van der Waals surface area contributed by atoms with Crippen molar-refractivity contribution in [2.45, 2.75) is 33.2 Å². The Bertz CT molecular complexity index is 643. The van der Waals surface area contributed by atoms with Crippen molar-refractivity contribution in [2.24, 2.45) is 5.92 Å². The van der Waals surface area contributed by atoms with Gasteiger partial charge >= 0.3 is 0 Å². The second-order valence-electron chi connectivity index (χ2n) is 6.31. The molecule has 0 heterocycles. The van der Waals surface area contributed by atoms with E-state index >= 15 is 0 Å². The maximum atomic E-state index is 13.1. The van der Waals surface area contributed by atoms with Gasteiger partial charge in [-0.25, -0.2) is 0 Å². The van der Waals surface area contributed by atoms with Crippen LogP contribution < -0.4 is 4.90 Å². The number of aryl methyl sites for hydroxylation is 1. The highest BCUT2D eigenvalue weighted by Crippen LogP contribution is 2.24. The molecule has 2 nitrogen and oxygen atoms in total. The zero-order valence-corrected chi connectivity index (χ0v) is 14.2. The molecular formula is C21H25NO. The van der Waals surface area contributed by atoms with Crippen molar-refractivity contribution in [1.82, 2.24) is 0 Å². The number of carbonyl (C=O) groups is 1.